The van der Waals surface area contributed by atoms with Crippen LogP contribution in [0, 0.1) is 0 Å². The largest absolute Gasteiger partial charge is 0.336 e. The Bertz CT molecular complexity index is 492. The minimum atomic E-state index is -0.387. The fraction of sp³-hybridized carbons (Fsp3) is 0.500. The zero-order chi connectivity index (χ0) is 13.1. The molecule has 0 radical (unpaired) electrons. The number of nitrogens with one attached hydrogen (secondary N) is 1. The Morgan fingerprint density at radius 2 is 2.06 bits per heavy atom. The maximum atomic E-state index is 12.2. The molecule has 98 valence electrons. The average molecular weight is 270 g/mol. The van der Waals surface area contributed by atoms with Gasteiger partial charge in [-0.25, -0.2) is 0 Å². The highest BCUT2D eigenvalue weighted by molar-refractivity contribution is 6.30. The molecule has 1 saturated heterocycles. The van der Waals surface area contributed by atoms with Gasteiger partial charge in [0.25, 0.3) is 11.5 Å². The number of rotatable bonds is 2. The van der Waals surface area contributed by atoms with Gasteiger partial charge in [-0.3, -0.25) is 9.59 Å². The number of hydrogen-bond acceptors (Lipinski definition) is 3. The van der Waals surface area contributed by atoms with Gasteiger partial charge in [0.1, 0.15) is 5.56 Å². The molecule has 1 aliphatic rings. The predicted molar refractivity (Wildman–Crippen MR) is 70.1 cm³/mol. The third-order valence-corrected chi connectivity index (χ3v) is 3.42. The molecule has 0 spiro atoms. The standard InChI is InChI=1S/C12H16ClN3O2/c1-2-15-3-5-16(6-4-15)12(18)10-7-9(13)8-14-11(10)17/h7-8H,2-6H2,1H3,(H,14,17). The van der Waals surface area contributed by atoms with Gasteiger partial charge in [-0.05, 0) is 12.6 Å². The maximum absolute atomic E-state index is 12.2. The summed E-state index contributed by atoms with van der Waals surface area (Å²) >= 11 is 5.80. The van der Waals surface area contributed by atoms with Crippen LogP contribution < -0.4 is 5.56 Å². The normalized spacial score (nSPS) is 16.9. The van der Waals surface area contributed by atoms with Crippen LogP contribution in [0.1, 0.15) is 17.3 Å². The van der Waals surface area contributed by atoms with Crippen molar-refractivity contribution < 1.29 is 4.79 Å². The van der Waals surface area contributed by atoms with Crippen LogP contribution in [-0.2, 0) is 0 Å². The zero-order valence-corrected chi connectivity index (χ0v) is 11.0. The van der Waals surface area contributed by atoms with Crippen LogP contribution >= 0.6 is 11.6 Å². The molecule has 2 heterocycles. The van der Waals surface area contributed by atoms with Gasteiger partial charge in [-0.2, -0.15) is 0 Å². The Morgan fingerprint density at radius 1 is 1.39 bits per heavy atom. The first-order valence-corrected chi connectivity index (χ1v) is 6.39. The number of amides is 1. The number of carbonyl (C=O) groups excluding carboxylic acids is 1. The number of aromatic amines is 1. The maximum Gasteiger partial charge on any atom is 0.260 e. The Hall–Kier alpha value is -1.33. The van der Waals surface area contributed by atoms with E-state index in [2.05, 4.69) is 16.8 Å². The van der Waals surface area contributed by atoms with Gasteiger partial charge in [0, 0.05) is 32.4 Å². The van der Waals surface area contributed by atoms with Crippen molar-refractivity contribution in [1.29, 1.82) is 0 Å². The molecule has 0 saturated carbocycles. The minimum absolute atomic E-state index is 0.118. The summed E-state index contributed by atoms with van der Waals surface area (Å²) in [7, 11) is 0. The number of likely N-dealkylation sites (N-methyl/N-ethyl adjacent to an activating group) is 1. The van der Waals surface area contributed by atoms with E-state index in [0.29, 0.717) is 18.1 Å². The van der Waals surface area contributed by atoms with Crippen molar-refractivity contribution in [3.8, 4) is 0 Å². The minimum Gasteiger partial charge on any atom is -0.336 e. The fourth-order valence-electron chi connectivity index (χ4n) is 2.05. The number of pyridine rings is 1. The molecule has 2 rings (SSSR count). The molecule has 1 amide bonds. The van der Waals surface area contributed by atoms with Gasteiger partial charge in [0.05, 0.1) is 5.02 Å². The number of hydrogen-bond donors (Lipinski definition) is 1. The van der Waals surface area contributed by atoms with Crippen molar-refractivity contribution in [1.82, 2.24) is 14.8 Å². The van der Waals surface area contributed by atoms with Crippen LogP contribution in [0.4, 0.5) is 0 Å². The smallest absolute Gasteiger partial charge is 0.260 e. The van der Waals surface area contributed by atoms with E-state index in [1.54, 1.807) is 4.90 Å². The fourth-order valence-corrected chi connectivity index (χ4v) is 2.22. The summed E-state index contributed by atoms with van der Waals surface area (Å²) in [6, 6.07) is 1.43. The second-order valence-electron chi connectivity index (χ2n) is 4.29. The summed E-state index contributed by atoms with van der Waals surface area (Å²) in [4.78, 5) is 30.2. The molecule has 6 heteroatoms. The number of carbonyl (C=O) groups is 1. The van der Waals surface area contributed by atoms with Crippen LogP contribution in [0.2, 0.25) is 5.02 Å². The summed E-state index contributed by atoms with van der Waals surface area (Å²) in [6.07, 6.45) is 1.38. The summed E-state index contributed by atoms with van der Waals surface area (Å²) in [5.74, 6) is -0.241. The van der Waals surface area contributed by atoms with Gasteiger partial charge in [-0.1, -0.05) is 18.5 Å². The quantitative estimate of drug-likeness (QED) is 0.864. The number of H-pyrrole nitrogens is 1. The molecular weight excluding hydrogens is 254 g/mol. The Labute approximate surface area is 110 Å². The monoisotopic (exact) mass is 269 g/mol. The van der Waals surface area contributed by atoms with Gasteiger partial charge in [0.15, 0.2) is 0 Å². The Balaban J connectivity index is 2.12. The first kappa shape index (κ1) is 13.1. The van der Waals surface area contributed by atoms with Gasteiger partial charge < -0.3 is 14.8 Å². The molecule has 0 unspecified atom stereocenters. The first-order chi connectivity index (χ1) is 8.61. The molecule has 1 aliphatic heterocycles. The van der Waals surface area contributed by atoms with Crippen molar-refractivity contribution in [2.75, 3.05) is 32.7 Å². The molecule has 1 aromatic heterocycles. The Kier molecular flexibility index (Phi) is 4.04. The third kappa shape index (κ3) is 2.73. The van der Waals surface area contributed by atoms with Crippen molar-refractivity contribution in [2.45, 2.75) is 6.92 Å². The van der Waals surface area contributed by atoms with E-state index in [9.17, 15) is 9.59 Å². The van der Waals surface area contributed by atoms with Gasteiger partial charge >= 0.3 is 0 Å². The van der Waals surface area contributed by atoms with Gasteiger partial charge in [0.2, 0.25) is 0 Å². The molecule has 0 aliphatic carbocycles. The van der Waals surface area contributed by atoms with Crippen LogP contribution in [-0.4, -0.2) is 53.4 Å². The second-order valence-corrected chi connectivity index (χ2v) is 4.72. The molecule has 18 heavy (non-hydrogen) atoms. The van der Waals surface area contributed by atoms with E-state index < -0.39 is 0 Å². The van der Waals surface area contributed by atoms with E-state index in [1.165, 1.54) is 12.3 Å². The lowest BCUT2D eigenvalue weighted by atomic mass is 10.2. The third-order valence-electron chi connectivity index (χ3n) is 3.21. The highest BCUT2D eigenvalue weighted by Crippen LogP contribution is 2.09. The van der Waals surface area contributed by atoms with E-state index in [-0.39, 0.29) is 17.0 Å². The number of nitrogens with zero attached hydrogens (tertiary/aromatic N) is 2. The molecular formula is C12H16ClN3O2. The second kappa shape index (κ2) is 5.54. The highest BCUT2D eigenvalue weighted by Gasteiger charge is 2.23. The Morgan fingerprint density at radius 3 is 2.67 bits per heavy atom. The average Bonchev–Trinajstić information content (AvgIpc) is 2.41. The highest BCUT2D eigenvalue weighted by atomic mass is 35.5. The lowest BCUT2D eigenvalue weighted by Gasteiger charge is -2.33. The summed E-state index contributed by atoms with van der Waals surface area (Å²) in [6.45, 7) is 6.08. The number of halogens is 1. The molecule has 1 fully saturated rings. The molecule has 0 atom stereocenters. The summed E-state index contributed by atoms with van der Waals surface area (Å²) in [5, 5.41) is 0.366. The topological polar surface area (TPSA) is 56.4 Å². The van der Waals surface area contributed by atoms with Crippen LogP contribution in [0.5, 0.6) is 0 Å². The summed E-state index contributed by atoms with van der Waals surface area (Å²) in [5.41, 5.74) is -0.269. The molecule has 0 bridgehead atoms. The van der Waals surface area contributed by atoms with Crippen molar-refractivity contribution in [3.63, 3.8) is 0 Å². The van der Waals surface area contributed by atoms with E-state index in [1.807, 2.05) is 0 Å². The van der Waals surface area contributed by atoms with Gasteiger partial charge in [-0.15, -0.1) is 0 Å². The SMILES string of the molecule is CCN1CCN(C(=O)c2cc(Cl)c[nH]c2=O)CC1. The van der Waals surface area contributed by atoms with E-state index >= 15 is 0 Å². The molecule has 0 aromatic carbocycles. The van der Waals surface area contributed by atoms with Crippen molar-refractivity contribution in [3.05, 3.63) is 33.2 Å². The predicted octanol–water partition coefficient (Wildman–Crippen LogP) is 0.806. The number of piperazine rings is 1. The zero-order valence-electron chi connectivity index (χ0n) is 10.3. The molecule has 5 nitrogen and oxygen atoms in total. The van der Waals surface area contributed by atoms with E-state index in [0.717, 1.165) is 19.6 Å². The molecule has 1 aromatic rings. The van der Waals surface area contributed by atoms with Crippen molar-refractivity contribution >= 4 is 17.5 Å². The lowest BCUT2D eigenvalue weighted by molar-refractivity contribution is 0.0641. The first-order valence-electron chi connectivity index (χ1n) is 6.01. The molecule has 1 N–H and O–H groups in total. The van der Waals surface area contributed by atoms with Crippen molar-refractivity contribution in [2.24, 2.45) is 0 Å². The van der Waals surface area contributed by atoms with Crippen LogP contribution in [0.3, 0.4) is 0 Å². The van der Waals surface area contributed by atoms with Crippen LogP contribution in [0.15, 0.2) is 17.1 Å². The van der Waals surface area contributed by atoms with Crippen LogP contribution in [0.25, 0.3) is 0 Å². The van der Waals surface area contributed by atoms with E-state index in [4.69, 9.17) is 11.6 Å². The number of aromatic nitrogens is 1. The summed E-state index contributed by atoms with van der Waals surface area (Å²) < 4.78 is 0. The lowest BCUT2D eigenvalue weighted by Crippen LogP contribution is -2.49.